The number of hydrogen-bond donors (Lipinski definition) is 1. The Hall–Kier alpha value is -3.22. The van der Waals surface area contributed by atoms with Crippen LogP contribution in [0.25, 0.3) is 0 Å². The van der Waals surface area contributed by atoms with Gasteiger partial charge in [0.05, 0.1) is 6.20 Å². The summed E-state index contributed by atoms with van der Waals surface area (Å²) in [6, 6.07) is 14.4. The number of pyridine rings is 1. The topological polar surface area (TPSA) is 70.1 Å². The first kappa shape index (κ1) is 18.2. The van der Waals surface area contributed by atoms with Crippen LogP contribution in [0.2, 0.25) is 0 Å². The number of nitrogens with zero attached hydrogens (tertiary/aromatic N) is 6. The van der Waals surface area contributed by atoms with Crippen molar-refractivity contribution in [2.24, 2.45) is 0 Å². The molecule has 0 atom stereocenters. The zero-order valence-corrected chi connectivity index (χ0v) is 16.3. The minimum atomic E-state index is 0.520. The average molecular weight is 375 g/mol. The lowest BCUT2D eigenvalue weighted by Crippen LogP contribution is -2.47. The van der Waals surface area contributed by atoms with Gasteiger partial charge in [-0.1, -0.05) is 32.0 Å². The predicted octanol–water partition coefficient (Wildman–Crippen LogP) is 3.46. The van der Waals surface area contributed by atoms with Crippen LogP contribution in [0.5, 0.6) is 0 Å². The molecule has 0 radical (unpaired) electrons. The first-order valence-electron chi connectivity index (χ1n) is 9.67. The molecule has 3 heterocycles. The molecule has 144 valence electrons. The highest BCUT2D eigenvalue weighted by Gasteiger charge is 2.20. The monoisotopic (exact) mass is 375 g/mol. The van der Waals surface area contributed by atoms with Gasteiger partial charge >= 0.3 is 0 Å². The van der Waals surface area contributed by atoms with Crippen molar-refractivity contribution in [2.45, 2.75) is 19.8 Å². The Morgan fingerprint density at radius 2 is 1.68 bits per heavy atom. The second kappa shape index (κ2) is 8.21. The summed E-state index contributed by atoms with van der Waals surface area (Å²) >= 11 is 0. The number of benzene rings is 1. The Balaban J connectivity index is 1.40. The van der Waals surface area contributed by atoms with Crippen LogP contribution in [0.1, 0.15) is 25.3 Å². The van der Waals surface area contributed by atoms with E-state index >= 15 is 0 Å². The van der Waals surface area contributed by atoms with Gasteiger partial charge in [0.25, 0.3) is 0 Å². The standard InChI is InChI=1S/C21H25N7/c1-16(2)17-6-8-18(9-7-17)24-19-15-23-26-21(25-19)28-13-11-27(12-14-28)20-5-3-4-10-22-20/h3-10,15-16H,11-14H2,1-2H3,(H,24,25,26). The van der Waals surface area contributed by atoms with Crippen molar-refractivity contribution in [2.75, 3.05) is 41.3 Å². The fourth-order valence-corrected chi connectivity index (χ4v) is 3.26. The van der Waals surface area contributed by atoms with E-state index in [1.165, 1.54) is 5.56 Å². The van der Waals surface area contributed by atoms with E-state index in [-0.39, 0.29) is 0 Å². The van der Waals surface area contributed by atoms with Crippen molar-refractivity contribution in [1.82, 2.24) is 20.2 Å². The molecule has 28 heavy (non-hydrogen) atoms. The molecule has 1 aromatic carbocycles. The summed E-state index contributed by atoms with van der Waals surface area (Å²) in [6.45, 7) is 7.83. The van der Waals surface area contributed by atoms with Gasteiger partial charge in [0.2, 0.25) is 5.95 Å². The Bertz CT molecular complexity index is 888. The average Bonchev–Trinajstić information content (AvgIpc) is 2.75. The normalized spacial score (nSPS) is 14.4. The number of rotatable bonds is 5. The molecule has 1 aliphatic heterocycles. The second-order valence-corrected chi connectivity index (χ2v) is 7.21. The highest BCUT2D eigenvalue weighted by molar-refractivity contribution is 5.57. The molecule has 1 N–H and O–H groups in total. The summed E-state index contributed by atoms with van der Waals surface area (Å²) in [6.07, 6.45) is 3.49. The van der Waals surface area contributed by atoms with Gasteiger partial charge in [-0.15, -0.1) is 5.10 Å². The van der Waals surface area contributed by atoms with E-state index in [0.717, 1.165) is 37.7 Å². The molecule has 1 saturated heterocycles. The van der Waals surface area contributed by atoms with Gasteiger partial charge in [-0.25, -0.2) is 4.98 Å². The predicted molar refractivity (Wildman–Crippen MR) is 112 cm³/mol. The van der Waals surface area contributed by atoms with Crippen molar-refractivity contribution in [3.8, 4) is 0 Å². The fourth-order valence-electron chi connectivity index (χ4n) is 3.26. The zero-order chi connectivity index (χ0) is 19.3. The maximum Gasteiger partial charge on any atom is 0.247 e. The van der Waals surface area contributed by atoms with Gasteiger partial charge in [-0.05, 0) is 35.7 Å². The van der Waals surface area contributed by atoms with E-state index in [2.05, 4.69) is 73.4 Å². The first-order chi connectivity index (χ1) is 13.7. The molecule has 1 aliphatic rings. The third kappa shape index (κ3) is 4.19. The van der Waals surface area contributed by atoms with Gasteiger partial charge in [0.1, 0.15) is 5.82 Å². The lowest BCUT2D eigenvalue weighted by Gasteiger charge is -2.35. The number of aromatic nitrogens is 4. The van der Waals surface area contributed by atoms with Crippen molar-refractivity contribution < 1.29 is 0 Å². The molecule has 0 unspecified atom stereocenters. The highest BCUT2D eigenvalue weighted by Crippen LogP contribution is 2.21. The molecular weight excluding hydrogens is 350 g/mol. The zero-order valence-electron chi connectivity index (χ0n) is 16.3. The fraction of sp³-hybridized carbons (Fsp3) is 0.333. The number of anilines is 4. The summed E-state index contributed by atoms with van der Waals surface area (Å²) in [5.74, 6) is 2.89. The van der Waals surface area contributed by atoms with Crippen LogP contribution < -0.4 is 15.1 Å². The van der Waals surface area contributed by atoms with Crippen LogP contribution in [0.15, 0.2) is 54.9 Å². The third-order valence-electron chi connectivity index (χ3n) is 4.93. The summed E-state index contributed by atoms with van der Waals surface area (Å²) in [5, 5.41) is 11.7. The largest absolute Gasteiger partial charge is 0.353 e. The van der Waals surface area contributed by atoms with Crippen LogP contribution >= 0.6 is 0 Å². The number of piperazine rings is 1. The maximum absolute atomic E-state index is 4.65. The van der Waals surface area contributed by atoms with Crippen molar-refractivity contribution in [3.05, 3.63) is 60.4 Å². The highest BCUT2D eigenvalue weighted by atomic mass is 15.4. The lowest BCUT2D eigenvalue weighted by atomic mass is 10.0. The minimum absolute atomic E-state index is 0.520. The van der Waals surface area contributed by atoms with Crippen molar-refractivity contribution in [3.63, 3.8) is 0 Å². The van der Waals surface area contributed by atoms with E-state index in [4.69, 9.17) is 0 Å². The SMILES string of the molecule is CC(C)c1ccc(Nc2cnnc(N3CCN(c4ccccn4)CC3)n2)cc1. The summed E-state index contributed by atoms with van der Waals surface area (Å²) in [4.78, 5) is 13.5. The molecule has 3 aromatic rings. The second-order valence-electron chi connectivity index (χ2n) is 7.21. The van der Waals surface area contributed by atoms with E-state index in [1.54, 1.807) is 6.20 Å². The van der Waals surface area contributed by atoms with Gasteiger partial charge < -0.3 is 15.1 Å². The molecule has 0 bridgehead atoms. The minimum Gasteiger partial charge on any atom is -0.353 e. The van der Waals surface area contributed by atoms with Crippen molar-refractivity contribution >= 4 is 23.3 Å². The molecule has 0 amide bonds. The Labute approximate surface area is 165 Å². The number of nitrogens with one attached hydrogen (secondary N) is 1. The Kier molecular flexibility index (Phi) is 5.32. The summed E-state index contributed by atoms with van der Waals surface area (Å²) in [5.41, 5.74) is 2.31. The van der Waals surface area contributed by atoms with Crippen LogP contribution in [-0.4, -0.2) is 46.3 Å². The molecule has 2 aromatic heterocycles. The summed E-state index contributed by atoms with van der Waals surface area (Å²) in [7, 11) is 0. The first-order valence-corrected chi connectivity index (χ1v) is 9.67. The van der Waals surface area contributed by atoms with Gasteiger partial charge in [-0.3, -0.25) is 0 Å². The van der Waals surface area contributed by atoms with E-state index in [1.807, 2.05) is 24.4 Å². The van der Waals surface area contributed by atoms with E-state index in [0.29, 0.717) is 17.7 Å². The van der Waals surface area contributed by atoms with E-state index in [9.17, 15) is 0 Å². The lowest BCUT2D eigenvalue weighted by molar-refractivity contribution is 0.630. The van der Waals surface area contributed by atoms with Crippen molar-refractivity contribution in [1.29, 1.82) is 0 Å². The van der Waals surface area contributed by atoms with Gasteiger partial charge in [0, 0.05) is 38.1 Å². The van der Waals surface area contributed by atoms with Crippen LogP contribution in [-0.2, 0) is 0 Å². The molecule has 0 spiro atoms. The quantitative estimate of drug-likeness (QED) is 0.732. The molecule has 4 rings (SSSR count). The Morgan fingerprint density at radius 1 is 0.929 bits per heavy atom. The van der Waals surface area contributed by atoms with Crippen LogP contribution in [0.3, 0.4) is 0 Å². The molecule has 7 heteroatoms. The third-order valence-corrected chi connectivity index (χ3v) is 4.93. The van der Waals surface area contributed by atoms with Gasteiger partial charge in [0.15, 0.2) is 5.82 Å². The van der Waals surface area contributed by atoms with Crippen LogP contribution in [0.4, 0.5) is 23.3 Å². The Morgan fingerprint density at radius 3 is 2.36 bits per heavy atom. The maximum atomic E-state index is 4.65. The molecule has 1 fully saturated rings. The molecule has 0 saturated carbocycles. The summed E-state index contributed by atoms with van der Waals surface area (Å²) < 4.78 is 0. The smallest absolute Gasteiger partial charge is 0.247 e. The molecular formula is C21H25N7. The molecule has 0 aliphatic carbocycles. The molecule has 7 nitrogen and oxygen atoms in total. The van der Waals surface area contributed by atoms with Crippen LogP contribution in [0, 0.1) is 0 Å². The number of hydrogen-bond acceptors (Lipinski definition) is 7. The van der Waals surface area contributed by atoms with Gasteiger partial charge in [-0.2, -0.15) is 10.1 Å². The van der Waals surface area contributed by atoms with E-state index < -0.39 is 0 Å².